The predicted molar refractivity (Wildman–Crippen MR) is 99.5 cm³/mol. The Labute approximate surface area is 150 Å². The van der Waals surface area contributed by atoms with E-state index in [4.69, 9.17) is 5.11 Å². The number of nitrogens with zero attached hydrogens (tertiary/aromatic N) is 2. The average Bonchev–Trinajstić information content (AvgIpc) is 2.98. The number of aromatic nitrogens is 2. The second kappa shape index (κ2) is 6.80. The molecule has 0 spiro atoms. The van der Waals surface area contributed by atoms with Gasteiger partial charge >= 0.3 is 11.7 Å². The Balaban J connectivity index is 1.46. The Morgan fingerprint density at radius 1 is 1.12 bits per heavy atom. The number of hydrogen-bond acceptors (Lipinski definition) is 3. The zero-order chi connectivity index (χ0) is 18.1. The van der Waals surface area contributed by atoms with Crippen LogP contribution in [0.3, 0.4) is 0 Å². The highest BCUT2D eigenvalue weighted by molar-refractivity contribution is 5.87. The molecule has 1 saturated heterocycles. The van der Waals surface area contributed by atoms with Crippen molar-refractivity contribution in [3.05, 3.63) is 70.1 Å². The van der Waals surface area contributed by atoms with Crippen LogP contribution in [0.25, 0.3) is 11.0 Å². The molecular formula is C20H21N3O3. The largest absolute Gasteiger partial charge is 0.478 e. The molecule has 6 nitrogen and oxygen atoms in total. The molecule has 3 aromatic rings. The number of aromatic carboxylic acids is 1. The number of carboxylic acid groups (broad SMARTS) is 1. The number of benzene rings is 2. The topological polar surface area (TPSA) is 78.3 Å². The number of carboxylic acids is 1. The van der Waals surface area contributed by atoms with E-state index in [0.717, 1.165) is 49.1 Å². The van der Waals surface area contributed by atoms with Crippen molar-refractivity contribution in [2.24, 2.45) is 0 Å². The van der Waals surface area contributed by atoms with Crippen LogP contribution in [0.5, 0.6) is 0 Å². The van der Waals surface area contributed by atoms with Crippen molar-refractivity contribution < 1.29 is 9.90 Å². The van der Waals surface area contributed by atoms with Gasteiger partial charge in [0.15, 0.2) is 0 Å². The number of rotatable bonds is 4. The Bertz CT molecular complexity index is 997. The van der Waals surface area contributed by atoms with Gasteiger partial charge in [0.05, 0.1) is 16.6 Å². The van der Waals surface area contributed by atoms with Gasteiger partial charge in [-0.1, -0.05) is 24.3 Å². The van der Waals surface area contributed by atoms with Gasteiger partial charge in [0.1, 0.15) is 0 Å². The van der Waals surface area contributed by atoms with E-state index < -0.39 is 5.97 Å². The van der Waals surface area contributed by atoms with Gasteiger partial charge in [-0.05, 0) is 42.7 Å². The minimum Gasteiger partial charge on any atom is -0.478 e. The SMILES string of the molecule is O=C(O)c1cccc(CN2CCC(n3c(=O)[nH]c4ccccc43)CC2)c1. The van der Waals surface area contributed by atoms with E-state index in [2.05, 4.69) is 9.88 Å². The number of aromatic amines is 1. The second-order valence-corrected chi connectivity index (χ2v) is 6.83. The molecule has 0 saturated carbocycles. The monoisotopic (exact) mass is 351 g/mol. The van der Waals surface area contributed by atoms with Crippen LogP contribution >= 0.6 is 0 Å². The molecule has 134 valence electrons. The first kappa shape index (κ1) is 16.6. The quantitative estimate of drug-likeness (QED) is 0.758. The van der Waals surface area contributed by atoms with Gasteiger partial charge in [-0.3, -0.25) is 9.47 Å². The smallest absolute Gasteiger partial charge is 0.335 e. The number of nitrogens with one attached hydrogen (secondary N) is 1. The number of piperidine rings is 1. The lowest BCUT2D eigenvalue weighted by Crippen LogP contribution is -2.36. The molecule has 0 aliphatic carbocycles. The van der Waals surface area contributed by atoms with E-state index in [1.807, 2.05) is 34.9 Å². The lowest BCUT2D eigenvalue weighted by atomic mass is 10.0. The average molecular weight is 351 g/mol. The first-order valence-corrected chi connectivity index (χ1v) is 8.85. The molecule has 6 heteroatoms. The molecule has 4 rings (SSSR count). The van der Waals surface area contributed by atoms with E-state index >= 15 is 0 Å². The number of fused-ring (bicyclic) bond motifs is 1. The molecule has 1 aliphatic rings. The Kier molecular flexibility index (Phi) is 4.34. The molecule has 0 unspecified atom stereocenters. The number of likely N-dealkylation sites (tertiary alicyclic amines) is 1. The van der Waals surface area contributed by atoms with E-state index in [1.165, 1.54) is 0 Å². The number of carbonyl (C=O) groups is 1. The third kappa shape index (κ3) is 3.15. The fraction of sp³-hybridized carbons (Fsp3) is 0.300. The molecular weight excluding hydrogens is 330 g/mol. The third-order valence-corrected chi connectivity index (χ3v) is 5.13. The summed E-state index contributed by atoms with van der Waals surface area (Å²) in [6.07, 6.45) is 1.81. The van der Waals surface area contributed by atoms with E-state index in [0.29, 0.717) is 5.56 Å². The van der Waals surface area contributed by atoms with E-state index in [9.17, 15) is 9.59 Å². The highest BCUT2D eigenvalue weighted by Gasteiger charge is 2.23. The van der Waals surface area contributed by atoms with Crippen LogP contribution in [0.4, 0.5) is 0 Å². The molecule has 26 heavy (non-hydrogen) atoms. The Morgan fingerprint density at radius 3 is 2.65 bits per heavy atom. The highest BCUT2D eigenvalue weighted by Crippen LogP contribution is 2.25. The van der Waals surface area contributed by atoms with Gasteiger partial charge in [0, 0.05) is 25.7 Å². The molecule has 1 fully saturated rings. The summed E-state index contributed by atoms with van der Waals surface area (Å²) in [4.78, 5) is 28.7. The summed E-state index contributed by atoms with van der Waals surface area (Å²) < 4.78 is 1.89. The molecule has 0 amide bonds. The van der Waals surface area contributed by atoms with Gasteiger partial charge in [0.2, 0.25) is 0 Å². The summed E-state index contributed by atoms with van der Waals surface area (Å²) in [5.41, 5.74) is 3.13. The molecule has 1 aliphatic heterocycles. The highest BCUT2D eigenvalue weighted by atomic mass is 16.4. The first-order chi connectivity index (χ1) is 12.6. The Hall–Kier alpha value is -2.86. The van der Waals surface area contributed by atoms with Crippen molar-refractivity contribution in [3.8, 4) is 0 Å². The number of para-hydroxylation sites is 2. The molecule has 1 aromatic heterocycles. The summed E-state index contributed by atoms with van der Waals surface area (Å²) in [6, 6.07) is 15.1. The molecule has 2 heterocycles. The zero-order valence-electron chi connectivity index (χ0n) is 14.4. The normalized spacial score (nSPS) is 16.2. The summed E-state index contributed by atoms with van der Waals surface area (Å²) >= 11 is 0. The van der Waals surface area contributed by atoms with Crippen LogP contribution in [0, 0.1) is 0 Å². The van der Waals surface area contributed by atoms with Crippen LogP contribution in [0.15, 0.2) is 53.3 Å². The summed E-state index contributed by atoms with van der Waals surface area (Å²) in [5.74, 6) is -0.899. The lowest BCUT2D eigenvalue weighted by molar-refractivity contribution is 0.0696. The number of imidazole rings is 1. The van der Waals surface area contributed by atoms with Crippen LogP contribution in [-0.2, 0) is 6.54 Å². The van der Waals surface area contributed by atoms with Crippen LogP contribution in [-0.4, -0.2) is 38.6 Å². The van der Waals surface area contributed by atoms with E-state index in [1.54, 1.807) is 18.2 Å². The maximum absolute atomic E-state index is 12.3. The summed E-state index contributed by atoms with van der Waals surface area (Å²) in [6.45, 7) is 2.50. The third-order valence-electron chi connectivity index (χ3n) is 5.13. The fourth-order valence-corrected chi connectivity index (χ4v) is 3.83. The van der Waals surface area contributed by atoms with Crippen molar-refractivity contribution >= 4 is 17.0 Å². The van der Waals surface area contributed by atoms with Crippen LogP contribution in [0.1, 0.15) is 34.8 Å². The van der Waals surface area contributed by atoms with Crippen molar-refractivity contribution in [2.75, 3.05) is 13.1 Å². The van der Waals surface area contributed by atoms with Crippen molar-refractivity contribution in [3.63, 3.8) is 0 Å². The molecule has 0 bridgehead atoms. The fourth-order valence-electron chi connectivity index (χ4n) is 3.83. The van der Waals surface area contributed by atoms with Gasteiger partial charge in [-0.25, -0.2) is 9.59 Å². The lowest BCUT2D eigenvalue weighted by Gasteiger charge is -2.32. The Morgan fingerprint density at radius 2 is 1.88 bits per heavy atom. The zero-order valence-corrected chi connectivity index (χ0v) is 14.4. The minimum absolute atomic E-state index is 0.0428. The van der Waals surface area contributed by atoms with Gasteiger partial charge < -0.3 is 10.1 Å². The van der Waals surface area contributed by atoms with Crippen molar-refractivity contribution in [1.82, 2.24) is 14.5 Å². The number of H-pyrrole nitrogens is 1. The maximum Gasteiger partial charge on any atom is 0.335 e. The number of hydrogen-bond donors (Lipinski definition) is 2. The first-order valence-electron chi connectivity index (χ1n) is 8.85. The summed E-state index contributed by atoms with van der Waals surface area (Å²) in [7, 11) is 0. The maximum atomic E-state index is 12.3. The molecule has 0 atom stereocenters. The van der Waals surface area contributed by atoms with Crippen LogP contribution in [0.2, 0.25) is 0 Å². The minimum atomic E-state index is -0.899. The van der Waals surface area contributed by atoms with Gasteiger partial charge in [0.25, 0.3) is 0 Å². The standard InChI is InChI=1S/C20H21N3O3/c24-19(25)15-5-3-4-14(12-15)13-22-10-8-16(9-11-22)23-18-7-2-1-6-17(18)21-20(23)26/h1-7,12,16H,8-11,13H2,(H,21,26)(H,24,25). The molecule has 2 aromatic carbocycles. The van der Waals surface area contributed by atoms with Crippen molar-refractivity contribution in [2.45, 2.75) is 25.4 Å². The molecule has 2 N–H and O–H groups in total. The molecule has 0 radical (unpaired) electrons. The van der Waals surface area contributed by atoms with Gasteiger partial charge in [-0.2, -0.15) is 0 Å². The predicted octanol–water partition coefficient (Wildman–Crippen LogP) is 2.86. The summed E-state index contributed by atoms with van der Waals surface area (Å²) in [5, 5.41) is 9.12. The van der Waals surface area contributed by atoms with E-state index in [-0.39, 0.29) is 11.7 Å². The second-order valence-electron chi connectivity index (χ2n) is 6.83. The van der Waals surface area contributed by atoms with Gasteiger partial charge in [-0.15, -0.1) is 0 Å². The van der Waals surface area contributed by atoms with Crippen LogP contribution < -0.4 is 5.69 Å². The van der Waals surface area contributed by atoms with Crippen molar-refractivity contribution in [1.29, 1.82) is 0 Å².